The Balaban J connectivity index is 0. The molecule has 1 heterocycles. The number of nitrogens with one attached hydrogen (secondary N) is 1. The van der Waals surface area contributed by atoms with Gasteiger partial charge in [0.1, 0.15) is 5.78 Å². The summed E-state index contributed by atoms with van der Waals surface area (Å²) in [5.41, 5.74) is 0. The number of thioether (sulfide) groups is 1. The van der Waals surface area contributed by atoms with Gasteiger partial charge in [-0.15, -0.1) is 11.8 Å². The Labute approximate surface area is 171 Å². The Bertz CT molecular complexity index is 493. The van der Waals surface area contributed by atoms with Crippen LogP contribution in [0.2, 0.25) is 0 Å². The number of aliphatic hydroxyl groups excluding tert-OH is 1. The molecule has 1 saturated heterocycles. The van der Waals surface area contributed by atoms with Crippen LogP contribution in [0.4, 0.5) is 0 Å². The van der Waals surface area contributed by atoms with Crippen molar-refractivity contribution < 1.29 is 38.6 Å². The van der Waals surface area contributed by atoms with E-state index in [9.17, 15) is 19.2 Å². The van der Waals surface area contributed by atoms with Crippen molar-refractivity contribution in [3.05, 3.63) is 0 Å². The Morgan fingerprint density at radius 3 is 2.39 bits per heavy atom. The number of likely N-dealkylation sites (tertiary alicyclic amines) is 1. The summed E-state index contributed by atoms with van der Waals surface area (Å²) in [4.78, 5) is 64.6. The Hall–Kier alpha value is -1.10. The molecular weight excluding hydrogens is 411 g/mol. The van der Waals surface area contributed by atoms with E-state index in [2.05, 4.69) is 9.84 Å². The molecule has 0 bridgehead atoms. The summed E-state index contributed by atoms with van der Waals surface area (Å²) in [7, 11) is -1.42. The molecule has 4 N–H and O–H groups in total. The van der Waals surface area contributed by atoms with E-state index in [0.29, 0.717) is 5.75 Å². The van der Waals surface area contributed by atoms with Crippen LogP contribution in [0.3, 0.4) is 0 Å². The van der Waals surface area contributed by atoms with Crippen LogP contribution < -0.4 is 5.32 Å². The summed E-state index contributed by atoms with van der Waals surface area (Å²) in [5, 5.41) is 9.02. The molecule has 0 saturated carbocycles. The van der Waals surface area contributed by atoms with Crippen molar-refractivity contribution in [1.29, 1.82) is 0 Å². The fourth-order valence-corrected chi connectivity index (χ4v) is 3.38. The van der Waals surface area contributed by atoms with E-state index in [0.717, 1.165) is 12.0 Å². The summed E-state index contributed by atoms with van der Waals surface area (Å²) in [6.45, 7) is 5.75. The molecule has 1 aliphatic heterocycles. The number of nitrogens with zero attached hydrogens (tertiary/aromatic N) is 1. The largest absolute Gasteiger partial charge is 0.400 e. The third kappa shape index (κ3) is 13.1. The third-order valence-corrected chi connectivity index (χ3v) is 4.76. The number of ketones is 1. The molecule has 28 heavy (non-hydrogen) atoms. The molecule has 0 aromatic heterocycles. The highest BCUT2D eigenvalue weighted by Gasteiger charge is 2.38. The van der Waals surface area contributed by atoms with Crippen LogP contribution in [0.15, 0.2) is 0 Å². The molecule has 1 rings (SSSR count). The topological polar surface area (TPSA) is 153 Å². The molecular formula is C16H31N2O8PS. The predicted molar refractivity (Wildman–Crippen MR) is 107 cm³/mol. The standard InChI is InChI=1S/C13H21N2O7PS.C2H6.CH4O/c1-9(16)2-4-14-11(17)3-5-15-12(18)8-10(13(15)19)24-7-6-22-23(20)21;2*1-2/h10,20-21H,2-8H2,1H3,(H,14,17);1-2H3;2H,1H3. The number of carbonyl (C=O) groups is 4. The zero-order valence-electron chi connectivity index (χ0n) is 16.7. The zero-order chi connectivity index (χ0) is 22.1. The molecule has 10 nitrogen and oxygen atoms in total. The third-order valence-electron chi connectivity index (χ3n) is 3.17. The van der Waals surface area contributed by atoms with Gasteiger partial charge in [0.05, 0.1) is 11.9 Å². The van der Waals surface area contributed by atoms with Gasteiger partial charge in [-0.1, -0.05) is 13.8 Å². The minimum absolute atomic E-state index is 0.00476. The number of rotatable bonds is 11. The SMILES string of the molecule is CC.CC(=O)CCNC(=O)CCN1C(=O)CC(SCCOP(O)O)C1=O.CO. The van der Waals surface area contributed by atoms with Crippen molar-refractivity contribution in [3.63, 3.8) is 0 Å². The average Bonchev–Trinajstić information content (AvgIpc) is 2.93. The average molecular weight is 442 g/mol. The molecule has 1 fully saturated rings. The summed E-state index contributed by atoms with van der Waals surface area (Å²) < 4.78 is 4.59. The number of amides is 3. The molecule has 0 spiro atoms. The minimum atomic E-state index is -2.42. The van der Waals surface area contributed by atoms with E-state index in [1.165, 1.54) is 18.7 Å². The maximum atomic E-state index is 12.1. The molecule has 164 valence electrons. The summed E-state index contributed by atoms with van der Waals surface area (Å²) in [6, 6.07) is 0. The van der Waals surface area contributed by atoms with Crippen LogP contribution in [-0.2, 0) is 23.7 Å². The molecule has 3 amide bonds. The lowest BCUT2D eigenvalue weighted by Gasteiger charge is -2.14. The Morgan fingerprint density at radius 2 is 1.86 bits per heavy atom. The van der Waals surface area contributed by atoms with Gasteiger partial charge in [0.2, 0.25) is 17.7 Å². The van der Waals surface area contributed by atoms with E-state index < -0.39 is 13.9 Å². The van der Waals surface area contributed by atoms with Crippen LogP contribution in [0.5, 0.6) is 0 Å². The number of hydrogen-bond acceptors (Lipinski definition) is 9. The zero-order valence-corrected chi connectivity index (χ0v) is 18.4. The smallest absolute Gasteiger partial charge is 0.327 e. The number of hydrogen-bond donors (Lipinski definition) is 4. The molecule has 1 aliphatic rings. The lowest BCUT2D eigenvalue weighted by atomic mass is 10.3. The Morgan fingerprint density at radius 1 is 1.25 bits per heavy atom. The minimum Gasteiger partial charge on any atom is -0.400 e. The molecule has 0 aliphatic carbocycles. The highest BCUT2D eigenvalue weighted by molar-refractivity contribution is 8.00. The van der Waals surface area contributed by atoms with Crippen LogP contribution in [0, 0.1) is 0 Å². The van der Waals surface area contributed by atoms with Crippen LogP contribution in [0.1, 0.15) is 40.0 Å². The molecule has 12 heteroatoms. The fourth-order valence-electron chi connectivity index (χ4n) is 2.01. The fraction of sp³-hybridized carbons (Fsp3) is 0.750. The number of carbonyl (C=O) groups excluding carboxylic acids is 4. The van der Waals surface area contributed by atoms with Gasteiger partial charge in [0, 0.05) is 45.2 Å². The molecule has 0 radical (unpaired) electrons. The first-order chi connectivity index (χ1) is 13.3. The van der Waals surface area contributed by atoms with Gasteiger partial charge in [-0.3, -0.25) is 24.1 Å². The first-order valence-corrected chi connectivity index (χ1v) is 11.0. The monoisotopic (exact) mass is 442 g/mol. The summed E-state index contributed by atoms with van der Waals surface area (Å²) >= 11 is 1.21. The van der Waals surface area contributed by atoms with Gasteiger partial charge in [0.15, 0.2) is 0 Å². The van der Waals surface area contributed by atoms with Gasteiger partial charge in [-0.25, -0.2) is 0 Å². The second-order valence-corrected chi connectivity index (χ2v) is 7.16. The maximum Gasteiger partial charge on any atom is 0.327 e. The van der Waals surface area contributed by atoms with Crippen molar-refractivity contribution in [2.24, 2.45) is 0 Å². The second kappa shape index (κ2) is 18.0. The highest BCUT2D eigenvalue weighted by atomic mass is 32.2. The lowest BCUT2D eigenvalue weighted by molar-refractivity contribution is -0.138. The van der Waals surface area contributed by atoms with Crippen molar-refractivity contribution in [2.75, 3.05) is 32.6 Å². The summed E-state index contributed by atoms with van der Waals surface area (Å²) in [5.74, 6) is -0.679. The second-order valence-electron chi connectivity index (χ2n) is 5.09. The lowest BCUT2D eigenvalue weighted by Crippen LogP contribution is -2.36. The van der Waals surface area contributed by atoms with Crippen molar-refractivity contribution >= 4 is 43.9 Å². The molecule has 0 aromatic rings. The van der Waals surface area contributed by atoms with E-state index in [4.69, 9.17) is 14.9 Å². The van der Waals surface area contributed by atoms with Gasteiger partial charge in [-0.2, -0.15) is 0 Å². The Kier molecular flexibility index (Phi) is 18.7. The number of imide groups is 1. The summed E-state index contributed by atoms with van der Waals surface area (Å²) in [6.07, 6.45) is 0.301. The maximum absolute atomic E-state index is 12.1. The van der Waals surface area contributed by atoms with E-state index in [1.54, 1.807) is 0 Å². The normalized spacial score (nSPS) is 15.6. The molecule has 1 unspecified atom stereocenters. The van der Waals surface area contributed by atoms with Gasteiger partial charge in [-0.05, 0) is 6.92 Å². The van der Waals surface area contributed by atoms with Crippen LogP contribution in [-0.4, -0.2) is 81.1 Å². The predicted octanol–water partition coefficient (Wildman–Crippen LogP) is 0.195. The van der Waals surface area contributed by atoms with Crippen molar-refractivity contribution in [2.45, 2.75) is 45.3 Å². The van der Waals surface area contributed by atoms with Crippen molar-refractivity contribution in [3.8, 4) is 0 Å². The van der Waals surface area contributed by atoms with E-state index in [1.807, 2.05) is 13.8 Å². The van der Waals surface area contributed by atoms with Crippen LogP contribution >= 0.6 is 20.4 Å². The highest BCUT2D eigenvalue weighted by Crippen LogP contribution is 2.28. The molecule has 1 atom stereocenters. The van der Waals surface area contributed by atoms with Crippen LogP contribution in [0.25, 0.3) is 0 Å². The molecule has 0 aromatic carbocycles. The van der Waals surface area contributed by atoms with E-state index >= 15 is 0 Å². The first kappa shape index (κ1) is 29.1. The van der Waals surface area contributed by atoms with Gasteiger partial charge < -0.3 is 24.7 Å². The van der Waals surface area contributed by atoms with Gasteiger partial charge in [0.25, 0.3) is 0 Å². The number of aliphatic hydroxyl groups is 1. The first-order valence-electron chi connectivity index (χ1n) is 8.78. The quantitative estimate of drug-likeness (QED) is 0.199. The number of Topliss-reactive ketones (excluding diaryl/α,β-unsaturated/α-hetero) is 1. The van der Waals surface area contributed by atoms with Gasteiger partial charge >= 0.3 is 8.60 Å². The van der Waals surface area contributed by atoms with E-state index in [-0.39, 0.29) is 62.5 Å². The van der Waals surface area contributed by atoms with Crippen molar-refractivity contribution in [1.82, 2.24) is 10.2 Å².